The van der Waals surface area contributed by atoms with E-state index >= 15 is 0 Å². The molecule has 1 N–H and O–H groups in total. The van der Waals surface area contributed by atoms with Crippen LogP contribution in [0.3, 0.4) is 0 Å². The maximum absolute atomic E-state index is 12.6. The number of nitrogens with zero attached hydrogens (tertiary/aromatic N) is 3. The molecule has 9 nitrogen and oxygen atoms in total. The molecule has 2 heterocycles. The highest BCUT2D eigenvalue weighted by Crippen LogP contribution is 2.35. The van der Waals surface area contributed by atoms with Crippen LogP contribution in [-0.2, 0) is 9.59 Å². The number of carbonyl (C=O) groups excluding carboxylic acids is 2. The molecule has 1 aromatic heterocycles. The van der Waals surface area contributed by atoms with E-state index in [-0.39, 0.29) is 28.4 Å². The number of imide groups is 1. The molecule has 0 aliphatic carbocycles. The highest BCUT2D eigenvalue weighted by atomic mass is 32.2. The number of thioether (sulfide) groups is 1. The molecule has 132 valence electrons. The number of nitro benzene ring substituents is 1. The van der Waals surface area contributed by atoms with Gasteiger partial charge in [0.25, 0.3) is 5.69 Å². The molecule has 1 aliphatic rings. The molecular formula is C16H11N3O6S. The van der Waals surface area contributed by atoms with E-state index < -0.39 is 28.0 Å². The third kappa shape index (κ3) is 3.26. The van der Waals surface area contributed by atoms with Crippen molar-refractivity contribution in [2.45, 2.75) is 16.7 Å². The number of hydrogen-bond acceptors (Lipinski definition) is 7. The number of carbonyl (C=O) groups is 3. The number of pyridine rings is 1. The van der Waals surface area contributed by atoms with Crippen molar-refractivity contribution in [2.75, 3.05) is 4.90 Å². The van der Waals surface area contributed by atoms with Crippen LogP contribution in [0.5, 0.6) is 0 Å². The van der Waals surface area contributed by atoms with Gasteiger partial charge >= 0.3 is 5.97 Å². The van der Waals surface area contributed by atoms with Gasteiger partial charge in [-0.2, -0.15) is 0 Å². The molecule has 1 fully saturated rings. The maximum atomic E-state index is 12.6. The van der Waals surface area contributed by atoms with Crippen molar-refractivity contribution in [2.24, 2.45) is 0 Å². The number of carboxylic acid groups (broad SMARTS) is 1. The summed E-state index contributed by atoms with van der Waals surface area (Å²) in [6.07, 6.45) is 1.25. The topological polar surface area (TPSA) is 131 Å². The average Bonchev–Trinajstić information content (AvgIpc) is 2.89. The van der Waals surface area contributed by atoms with E-state index in [0.717, 1.165) is 22.7 Å². The Labute approximate surface area is 150 Å². The Morgan fingerprint density at radius 3 is 2.77 bits per heavy atom. The highest BCUT2D eigenvalue weighted by Gasteiger charge is 2.41. The van der Waals surface area contributed by atoms with Gasteiger partial charge in [0.2, 0.25) is 11.8 Å². The molecule has 0 bridgehead atoms. The predicted octanol–water partition coefficient (Wildman–Crippen LogP) is 2.11. The van der Waals surface area contributed by atoms with Crippen molar-refractivity contribution in [1.29, 1.82) is 0 Å². The molecule has 0 saturated carbocycles. The van der Waals surface area contributed by atoms with Crippen molar-refractivity contribution < 1.29 is 24.4 Å². The summed E-state index contributed by atoms with van der Waals surface area (Å²) >= 11 is 0.889. The number of anilines is 1. The van der Waals surface area contributed by atoms with Crippen LogP contribution in [0.15, 0.2) is 47.6 Å². The average molecular weight is 373 g/mol. The molecule has 2 aromatic rings. The Bertz CT molecular complexity index is 932. The molecule has 10 heteroatoms. The highest BCUT2D eigenvalue weighted by molar-refractivity contribution is 8.00. The van der Waals surface area contributed by atoms with Crippen LogP contribution in [0.4, 0.5) is 11.4 Å². The second kappa shape index (κ2) is 6.92. The number of carboxylic acids is 1. The van der Waals surface area contributed by atoms with E-state index in [0.29, 0.717) is 0 Å². The molecule has 26 heavy (non-hydrogen) atoms. The number of nitro groups is 1. The standard InChI is InChI=1S/C16H11N3O6S/c20-13-8-12(26-14-11(16(22)23)5-2-6-17-14)15(21)18(13)9-3-1-4-10(7-9)19(24)25/h1-7,12H,8H2,(H,22,23). The van der Waals surface area contributed by atoms with Gasteiger partial charge in [-0.1, -0.05) is 17.8 Å². The summed E-state index contributed by atoms with van der Waals surface area (Å²) in [4.78, 5) is 51.3. The second-order valence-corrected chi connectivity index (χ2v) is 6.51. The van der Waals surface area contributed by atoms with Gasteiger partial charge in [0.05, 0.1) is 21.4 Å². The van der Waals surface area contributed by atoms with Crippen molar-refractivity contribution in [3.05, 3.63) is 58.3 Å². The lowest BCUT2D eigenvalue weighted by Gasteiger charge is -2.14. The quantitative estimate of drug-likeness (QED) is 0.479. The lowest BCUT2D eigenvalue weighted by Crippen LogP contribution is -2.31. The molecule has 1 unspecified atom stereocenters. The summed E-state index contributed by atoms with van der Waals surface area (Å²) in [5.41, 5.74) is -0.194. The first-order valence-corrected chi connectivity index (χ1v) is 8.22. The van der Waals surface area contributed by atoms with Gasteiger partial charge in [0.1, 0.15) is 5.03 Å². The number of amides is 2. The van der Waals surface area contributed by atoms with Crippen LogP contribution in [0.1, 0.15) is 16.8 Å². The fraction of sp³-hybridized carbons (Fsp3) is 0.125. The lowest BCUT2D eigenvalue weighted by atomic mass is 10.2. The van der Waals surface area contributed by atoms with Gasteiger partial charge in [0, 0.05) is 24.8 Å². The number of hydrogen-bond donors (Lipinski definition) is 1. The molecule has 1 aromatic carbocycles. The van der Waals surface area contributed by atoms with Crippen LogP contribution in [0.25, 0.3) is 0 Å². The number of aromatic carboxylic acids is 1. The summed E-state index contributed by atoms with van der Waals surface area (Å²) in [5.74, 6) is -2.27. The minimum absolute atomic E-state index is 0.0634. The van der Waals surface area contributed by atoms with E-state index in [4.69, 9.17) is 0 Å². The Hall–Kier alpha value is -3.27. The summed E-state index contributed by atoms with van der Waals surface area (Å²) in [5, 5.41) is 19.4. The van der Waals surface area contributed by atoms with Gasteiger partial charge in [0.15, 0.2) is 0 Å². The van der Waals surface area contributed by atoms with Crippen LogP contribution in [0, 0.1) is 10.1 Å². The smallest absolute Gasteiger partial charge is 0.338 e. The van der Waals surface area contributed by atoms with Crippen LogP contribution in [0.2, 0.25) is 0 Å². The summed E-state index contributed by atoms with van der Waals surface area (Å²) in [6.45, 7) is 0. The summed E-state index contributed by atoms with van der Waals surface area (Å²) in [7, 11) is 0. The van der Waals surface area contributed by atoms with E-state index in [2.05, 4.69) is 4.98 Å². The Morgan fingerprint density at radius 1 is 1.31 bits per heavy atom. The van der Waals surface area contributed by atoms with Gasteiger partial charge in [-0.05, 0) is 18.2 Å². The normalized spacial score (nSPS) is 16.8. The first kappa shape index (κ1) is 17.5. The zero-order valence-corrected chi connectivity index (χ0v) is 13.9. The number of benzene rings is 1. The van der Waals surface area contributed by atoms with Crippen LogP contribution < -0.4 is 4.90 Å². The largest absolute Gasteiger partial charge is 0.478 e. The molecule has 0 radical (unpaired) electrons. The Balaban J connectivity index is 1.87. The van der Waals surface area contributed by atoms with Crippen molar-refractivity contribution in [3.63, 3.8) is 0 Å². The van der Waals surface area contributed by atoms with Crippen LogP contribution >= 0.6 is 11.8 Å². The van der Waals surface area contributed by atoms with Crippen molar-refractivity contribution in [3.8, 4) is 0 Å². The fourth-order valence-corrected chi connectivity index (χ4v) is 3.60. The molecule has 1 aliphatic heterocycles. The minimum Gasteiger partial charge on any atom is -0.478 e. The van der Waals surface area contributed by atoms with Crippen LogP contribution in [-0.4, -0.2) is 38.0 Å². The summed E-state index contributed by atoms with van der Waals surface area (Å²) in [6, 6.07) is 8.04. The number of aromatic nitrogens is 1. The number of non-ortho nitro benzene ring substituents is 1. The number of rotatable bonds is 5. The van der Waals surface area contributed by atoms with E-state index in [1.54, 1.807) is 0 Å². The van der Waals surface area contributed by atoms with E-state index in [1.807, 2.05) is 0 Å². The predicted molar refractivity (Wildman–Crippen MR) is 91.0 cm³/mol. The van der Waals surface area contributed by atoms with Crippen molar-refractivity contribution >= 4 is 40.9 Å². The minimum atomic E-state index is -1.19. The Morgan fingerprint density at radius 2 is 2.08 bits per heavy atom. The monoisotopic (exact) mass is 373 g/mol. The fourth-order valence-electron chi connectivity index (χ4n) is 2.50. The van der Waals surface area contributed by atoms with Gasteiger partial charge < -0.3 is 5.11 Å². The third-order valence-electron chi connectivity index (χ3n) is 3.66. The maximum Gasteiger partial charge on any atom is 0.338 e. The molecule has 0 spiro atoms. The first-order chi connectivity index (χ1) is 12.4. The second-order valence-electron chi connectivity index (χ2n) is 5.32. The first-order valence-electron chi connectivity index (χ1n) is 7.34. The molecule has 2 amide bonds. The van der Waals surface area contributed by atoms with Gasteiger partial charge in [-0.25, -0.2) is 14.7 Å². The molecular weight excluding hydrogens is 362 g/mol. The molecule has 3 rings (SSSR count). The zero-order valence-electron chi connectivity index (χ0n) is 13.1. The van der Waals surface area contributed by atoms with Crippen molar-refractivity contribution in [1.82, 2.24) is 4.98 Å². The third-order valence-corrected chi connectivity index (χ3v) is 4.86. The van der Waals surface area contributed by atoms with Gasteiger partial charge in [-0.15, -0.1) is 0 Å². The lowest BCUT2D eigenvalue weighted by molar-refractivity contribution is -0.384. The Kier molecular flexibility index (Phi) is 4.67. The zero-order chi connectivity index (χ0) is 18.8. The van der Waals surface area contributed by atoms with E-state index in [9.17, 15) is 29.6 Å². The van der Waals surface area contributed by atoms with E-state index in [1.165, 1.54) is 36.5 Å². The summed E-state index contributed by atoms with van der Waals surface area (Å²) < 4.78 is 0. The molecule has 1 saturated heterocycles. The van der Waals surface area contributed by atoms with Gasteiger partial charge in [-0.3, -0.25) is 19.7 Å². The SMILES string of the molecule is O=C(O)c1cccnc1SC1CC(=O)N(c2cccc([N+](=O)[O-])c2)C1=O. The molecule has 1 atom stereocenters.